The summed E-state index contributed by atoms with van der Waals surface area (Å²) in [4.78, 5) is 0. The van der Waals surface area contributed by atoms with Crippen LogP contribution in [0.4, 0.5) is 19.6 Å². The molecule has 1 fully saturated rings. The van der Waals surface area contributed by atoms with E-state index in [1.807, 2.05) is 0 Å². The first-order valence-electron chi connectivity index (χ1n) is 6.08. The lowest BCUT2D eigenvalue weighted by atomic mass is 10.2. The van der Waals surface area contributed by atoms with E-state index in [-0.39, 0.29) is 0 Å². The number of rotatable bonds is 4. The van der Waals surface area contributed by atoms with E-state index in [1.165, 1.54) is 17.6 Å². The zero-order valence-electron chi connectivity index (χ0n) is 10.1. The Kier molecular flexibility index (Phi) is 3.10. The van der Waals surface area contributed by atoms with Crippen LogP contribution in [0.1, 0.15) is 29.9 Å². The molecule has 0 atom stereocenters. The molecule has 1 aliphatic carbocycles. The van der Waals surface area contributed by atoms with E-state index in [9.17, 15) is 8.78 Å². The van der Waals surface area contributed by atoms with Gasteiger partial charge in [-0.25, -0.2) is 8.78 Å². The summed E-state index contributed by atoms with van der Waals surface area (Å²) in [7, 11) is 0. The lowest BCUT2D eigenvalue weighted by molar-refractivity contribution is 0.507. The van der Waals surface area contributed by atoms with E-state index >= 15 is 0 Å². The molecule has 0 radical (unpaired) electrons. The number of nitrogens with zero attached hydrogens (tertiary/aromatic N) is 1. The molecule has 1 aromatic carbocycles. The number of aromatic nitrogens is 1. The molecule has 1 heterocycles. The summed E-state index contributed by atoms with van der Waals surface area (Å²) in [5.74, 6) is -0.568. The quantitative estimate of drug-likeness (QED) is 0.902. The van der Waals surface area contributed by atoms with Crippen molar-refractivity contribution in [3.05, 3.63) is 41.0 Å². The van der Waals surface area contributed by atoms with E-state index < -0.39 is 11.6 Å². The molecule has 0 spiro atoms. The van der Waals surface area contributed by atoms with Gasteiger partial charge in [-0.1, -0.05) is 6.07 Å². The smallest absolute Gasteiger partial charge is 0.159 e. The van der Waals surface area contributed by atoms with Crippen LogP contribution >= 0.6 is 11.5 Å². The summed E-state index contributed by atoms with van der Waals surface area (Å²) < 4.78 is 30.1. The van der Waals surface area contributed by atoms with Crippen LogP contribution in [0.2, 0.25) is 0 Å². The van der Waals surface area contributed by atoms with Gasteiger partial charge in [0.15, 0.2) is 11.6 Å². The van der Waals surface area contributed by atoms with Crippen molar-refractivity contribution in [3.8, 4) is 0 Å². The second-order valence-corrected chi connectivity index (χ2v) is 5.46. The number of halogens is 2. The van der Waals surface area contributed by atoms with Crippen molar-refractivity contribution in [3.63, 3.8) is 0 Å². The van der Waals surface area contributed by atoms with Crippen molar-refractivity contribution in [1.29, 1.82) is 0 Å². The Bertz CT molecular complexity index is 608. The SMILES string of the molecule is Nc1nsc(NCc2ccc(F)c(F)c2)c1C1CC1. The van der Waals surface area contributed by atoms with Crippen molar-refractivity contribution in [2.75, 3.05) is 11.1 Å². The van der Waals surface area contributed by atoms with E-state index in [0.29, 0.717) is 23.8 Å². The highest BCUT2D eigenvalue weighted by Crippen LogP contribution is 2.47. The van der Waals surface area contributed by atoms with Gasteiger partial charge >= 0.3 is 0 Å². The van der Waals surface area contributed by atoms with Crippen molar-refractivity contribution in [2.24, 2.45) is 0 Å². The monoisotopic (exact) mass is 281 g/mol. The number of nitrogens with two attached hydrogens (primary N) is 1. The molecule has 3 rings (SSSR count). The Labute approximate surface area is 113 Å². The van der Waals surface area contributed by atoms with Gasteiger partial charge in [0.25, 0.3) is 0 Å². The van der Waals surface area contributed by atoms with Crippen LogP contribution in [0.15, 0.2) is 18.2 Å². The fraction of sp³-hybridized carbons (Fsp3) is 0.308. The maximum absolute atomic E-state index is 13.1. The molecule has 100 valence electrons. The van der Waals surface area contributed by atoms with Crippen LogP contribution in [0.25, 0.3) is 0 Å². The first-order valence-corrected chi connectivity index (χ1v) is 6.85. The Morgan fingerprint density at radius 2 is 2.11 bits per heavy atom. The number of nitrogen functional groups attached to an aromatic ring is 1. The first kappa shape index (κ1) is 12.3. The maximum atomic E-state index is 13.1. The van der Waals surface area contributed by atoms with Gasteiger partial charge in [-0.15, -0.1) is 0 Å². The minimum Gasteiger partial charge on any atom is -0.383 e. The Hall–Kier alpha value is -1.69. The molecule has 0 amide bonds. The predicted molar refractivity (Wildman–Crippen MR) is 72.2 cm³/mol. The molecular weight excluding hydrogens is 268 g/mol. The highest BCUT2D eigenvalue weighted by Gasteiger charge is 2.30. The molecule has 6 heteroatoms. The van der Waals surface area contributed by atoms with Crippen LogP contribution in [0, 0.1) is 11.6 Å². The van der Waals surface area contributed by atoms with Crippen LogP contribution in [0.5, 0.6) is 0 Å². The zero-order valence-corrected chi connectivity index (χ0v) is 10.9. The highest BCUT2D eigenvalue weighted by molar-refractivity contribution is 7.10. The molecule has 1 saturated carbocycles. The largest absolute Gasteiger partial charge is 0.383 e. The van der Waals surface area contributed by atoms with E-state index in [1.54, 1.807) is 6.07 Å². The highest BCUT2D eigenvalue weighted by atomic mass is 32.1. The van der Waals surface area contributed by atoms with E-state index in [4.69, 9.17) is 5.73 Å². The topological polar surface area (TPSA) is 50.9 Å². The molecule has 1 aliphatic rings. The minimum atomic E-state index is -0.829. The van der Waals surface area contributed by atoms with Crippen LogP contribution < -0.4 is 11.1 Å². The second-order valence-electron chi connectivity index (χ2n) is 4.69. The van der Waals surface area contributed by atoms with Gasteiger partial charge in [0.2, 0.25) is 0 Å². The summed E-state index contributed by atoms with van der Waals surface area (Å²) in [6, 6.07) is 3.89. The normalized spacial score (nSPS) is 14.6. The van der Waals surface area contributed by atoms with Gasteiger partial charge < -0.3 is 11.1 Å². The van der Waals surface area contributed by atoms with E-state index in [0.717, 1.165) is 29.5 Å². The molecule has 0 bridgehead atoms. The van der Waals surface area contributed by atoms with Gasteiger partial charge in [-0.05, 0) is 48.0 Å². The Morgan fingerprint density at radius 3 is 2.79 bits per heavy atom. The fourth-order valence-electron chi connectivity index (χ4n) is 2.04. The number of hydrogen-bond acceptors (Lipinski definition) is 4. The molecular formula is C13H13F2N3S. The molecule has 3 nitrogen and oxygen atoms in total. The summed E-state index contributed by atoms with van der Waals surface area (Å²) in [5, 5.41) is 4.14. The second kappa shape index (κ2) is 4.77. The molecule has 2 aromatic rings. The van der Waals surface area contributed by atoms with Crippen molar-refractivity contribution in [1.82, 2.24) is 4.37 Å². The number of hydrogen-bond donors (Lipinski definition) is 2. The summed E-state index contributed by atoms with van der Waals surface area (Å²) >= 11 is 1.32. The standard InChI is InChI=1S/C13H13F2N3S/c14-9-4-1-7(5-10(9)15)6-17-13-11(8-2-3-8)12(16)18-19-13/h1,4-5,8,17H,2-3,6H2,(H2,16,18). The first-order chi connectivity index (χ1) is 9.15. The maximum Gasteiger partial charge on any atom is 0.159 e. The molecule has 0 saturated heterocycles. The Morgan fingerprint density at radius 1 is 1.32 bits per heavy atom. The number of nitrogens with one attached hydrogen (secondary N) is 1. The predicted octanol–water partition coefficient (Wildman–Crippen LogP) is 3.49. The summed E-state index contributed by atoms with van der Waals surface area (Å²) in [6.45, 7) is 0.429. The average Bonchev–Trinajstić information content (AvgIpc) is 3.15. The summed E-state index contributed by atoms with van der Waals surface area (Å²) in [6.07, 6.45) is 2.28. The average molecular weight is 281 g/mol. The molecule has 1 aromatic heterocycles. The third kappa shape index (κ3) is 2.53. The molecule has 0 unspecified atom stereocenters. The van der Waals surface area contributed by atoms with Crippen LogP contribution in [-0.4, -0.2) is 4.37 Å². The van der Waals surface area contributed by atoms with Crippen molar-refractivity contribution in [2.45, 2.75) is 25.3 Å². The number of benzene rings is 1. The van der Waals surface area contributed by atoms with Crippen molar-refractivity contribution >= 4 is 22.4 Å². The molecule has 3 N–H and O–H groups in total. The summed E-state index contributed by atoms with van der Waals surface area (Å²) in [5.41, 5.74) is 7.61. The fourth-order valence-corrected chi connectivity index (χ4v) is 2.83. The minimum absolute atomic E-state index is 0.429. The van der Waals surface area contributed by atoms with Crippen molar-refractivity contribution < 1.29 is 8.78 Å². The molecule has 0 aliphatic heterocycles. The van der Waals surface area contributed by atoms with Crippen LogP contribution in [0.3, 0.4) is 0 Å². The van der Waals surface area contributed by atoms with Gasteiger partial charge in [0.05, 0.1) is 0 Å². The zero-order chi connectivity index (χ0) is 13.4. The third-order valence-corrected chi connectivity index (χ3v) is 4.01. The third-order valence-electron chi connectivity index (χ3n) is 3.18. The lowest BCUT2D eigenvalue weighted by Crippen LogP contribution is -2.01. The molecule has 19 heavy (non-hydrogen) atoms. The lowest BCUT2D eigenvalue weighted by Gasteiger charge is -2.07. The van der Waals surface area contributed by atoms with E-state index in [2.05, 4.69) is 9.69 Å². The van der Waals surface area contributed by atoms with Gasteiger partial charge in [-0.3, -0.25) is 0 Å². The van der Waals surface area contributed by atoms with Crippen LogP contribution in [-0.2, 0) is 6.54 Å². The van der Waals surface area contributed by atoms with Gasteiger partial charge in [0.1, 0.15) is 10.8 Å². The Balaban J connectivity index is 1.73. The van der Waals surface area contributed by atoms with Gasteiger partial charge in [0, 0.05) is 12.1 Å². The number of anilines is 2. The van der Waals surface area contributed by atoms with Gasteiger partial charge in [-0.2, -0.15) is 4.37 Å².